The van der Waals surface area contributed by atoms with Gasteiger partial charge in [0.25, 0.3) is 0 Å². The molecule has 7 heteroatoms. The van der Waals surface area contributed by atoms with Crippen molar-refractivity contribution in [2.45, 2.75) is 70.9 Å². The largest absolute Gasteiger partial charge is 0.444 e. The van der Waals surface area contributed by atoms with Gasteiger partial charge in [-0.15, -0.1) is 0 Å². The number of carbonyl (C=O) groups is 1. The summed E-state index contributed by atoms with van der Waals surface area (Å²) >= 11 is 0. The molecule has 3 N–H and O–H groups in total. The number of nitrogens with two attached hydrogens (primary N) is 1. The van der Waals surface area contributed by atoms with Crippen molar-refractivity contribution in [3.8, 4) is 0 Å². The molecule has 7 nitrogen and oxygen atoms in total. The van der Waals surface area contributed by atoms with E-state index in [0.29, 0.717) is 38.2 Å². The maximum Gasteiger partial charge on any atom is 0.410 e. The number of hydrogen-bond donors (Lipinski definition) is 2. The van der Waals surface area contributed by atoms with Crippen molar-refractivity contribution in [1.82, 2.24) is 10.2 Å². The lowest BCUT2D eigenvalue weighted by molar-refractivity contribution is 0.0208. The van der Waals surface area contributed by atoms with Crippen molar-refractivity contribution < 1.29 is 14.3 Å². The summed E-state index contributed by atoms with van der Waals surface area (Å²) in [6.45, 7) is 7.38. The Morgan fingerprint density at radius 2 is 1.84 bits per heavy atom. The Labute approximate surface area is 152 Å². The van der Waals surface area contributed by atoms with Crippen molar-refractivity contribution in [3.63, 3.8) is 0 Å². The third-order valence-corrected chi connectivity index (χ3v) is 4.08. The zero-order valence-electron chi connectivity index (χ0n) is 16.3. The van der Waals surface area contributed by atoms with Crippen LogP contribution in [0.4, 0.5) is 4.79 Å². The molecular formula is C18H36N4O3. The van der Waals surface area contributed by atoms with Gasteiger partial charge in [-0.25, -0.2) is 4.79 Å². The standard InChI is InChI=1S/C18H36N4O3/c1-18(2,3)25-17(23)22(13-14-24-4)12-11-20-16(19)21-15-9-7-5-6-8-10-15/h15H,5-14H2,1-4H3,(H3,19,20,21). The Morgan fingerprint density at radius 1 is 1.20 bits per heavy atom. The third-order valence-electron chi connectivity index (χ3n) is 4.08. The SMILES string of the molecule is COCCN(CCN=C(N)NC1CCCCCC1)C(=O)OC(C)(C)C. The van der Waals surface area contributed by atoms with Crippen LogP contribution in [0, 0.1) is 0 Å². The van der Waals surface area contributed by atoms with Crippen LogP contribution in [0.1, 0.15) is 59.3 Å². The number of nitrogens with zero attached hydrogens (tertiary/aromatic N) is 2. The van der Waals surface area contributed by atoms with E-state index in [1.165, 1.54) is 25.7 Å². The van der Waals surface area contributed by atoms with E-state index >= 15 is 0 Å². The molecule has 1 fully saturated rings. The first-order valence-electron chi connectivity index (χ1n) is 9.35. The van der Waals surface area contributed by atoms with E-state index in [2.05, 4.69) is 10.3 Å². The smallest absolute Gasteiger partial charge is 0.410 e. The molecule has 1 amide bonds. The molecule has 1 saturated carbocycles. The molecule has 0 aromatic rings. The Morgan fingerprint density at radius 3 is 2.40 bits per heavy atom. The molecule has 0 heterocycles. The molecule has 0 radical (unpaired) electrons. The zero-order valence-corrected chi connectivity index (χ0v) is 16.3. The third kappa shape index (κ3) is 10.2. The molecule has 1 rings (SSSR count). The summed E-state index contributed by atoms with van der Waals surface area (Å²) in [6.07, 6.45) is 7.04. The van der Waals surface area contributed by atoms with Crippen LogP contribution in [-0.4, -0.2) is 61.9 Å². The number of ether oxygens (including phenoxy) is 2. The van der Waals surface area contributed by atoms with Crippen molar-refractivity contribution in [2.75, 3.05) is 33.4 Å². The first kappa shape index (κ1) is 21.5. The molecule has 25 heavy (non-hydrogen) atoms. The number of nitrogens with one attached hydrogen (secondary N) is 1. The summed E-state index contributed by atoms with van der Waals surface area (Å²) in [5, 5.41) is 3.31. The van der Waals surface area contributed by atoms with E-state index in [-0.39, 0.29) is 6.09 Å². The lowest BCUT2D eigenvalue weighted by Gasteiger charge is -2.27. The quantitative estimate of drug-likeness (QED) is 0.416. The number of amides is 1. The van der Waals surface area contributed by atoms with Gasteiger partial charge in [-0.1, -0.05) is 25.7 Å². The van der Waals surface area contributed by atoms with Gasteiger partial charge >= 0.3 is 6.09 Å². The van der Waals surface area contributed by atoms with Gasteiger partial charge in [-0.2, -0.15) is 0 Å². The fourth-order valence-corrected chi connectivity index (χ4v) is 2.79. The van der Waals surface area contributed by atoms with Gasteiger partial charge in [0.1, 0.15) is 5.60 Å². The predicted octanol–water partition coefficient (Wildman–Crippen LogP) is 2.50. The molecule has 0 saturated heterocycles. The second-order valence-electron chi connectivity index (χ2n) is 7.56. The van der Waals surface area contributed by atoms with Gasteiger partial charge in [0.15, 0.2) is 5.96 Å². The molecule has 0 spiro atoms. The van der Waals surface area contributed by atoms with Crippen LogP contribution in [-0.2, 0) is 9.47 Å². The summed E-state index contributed by atoms with van der Waals surface area (Å²) in [7, 11) is 1.61. The summed E-state index contributed by atoms with van der Waals surface area (Å²) in [5.74, 6) is 0.461. The van der Waals surface area contributed by atoms with Crippen LogP contribution < -0.4 is 11.1 Å². The molecule has 1 aliphatic carbocycles. The van der Waals surface area contributed by atoms with Crippen molar-refractivity contribution in [3.05, 3.63) is 0 Å². The predicted molar refractivity (Wildman–Crippen MR) is 101 cm³/mol. The van der Waals surface area contributed by atoms with E-state index in [0.717, 1.165) is 12.8 Å². The molecule has 0 aromatic carbocycles. The van der Waals surface area contributed by atoms with E-state index in [1.807, 2.05) is 20.8 Å². The molecule has 0 unspecified atom stereocenters. The Balaban J connectivity index is 2.46. The number of methoxy groups -OCH3 is 1. The van der Waals surface area contributed by atoms with Crippen LogP contribution in [0.3, 0.4) is 0 Å². The number of rotatable bonds is 7. The molecule has 146 valence electrons. The zero-order chi connectivity index (χ0) is 18.7. The Hall–Kier alpha value is -1.50. The van der Waals surface area contributed by atoms with E-state index in [9.17, 15) is 4.79 Å². The molecule has 0 aliphatic heterocycles. The molecule has 0 atom stereocenters. The molecular weight excluding hydrogens is 320 g/mol. The van der Waals surface area contributed by atoms with E-state index in [1.54, 1.807) is 12.0 Å². The summed E-state index contributed by atoms with van der Waals surface area (Å²) in [6, 6.07) is 0.418. The molecule has 0 aromatic heterocycles. The number of aliphatic imine (C=N–C) groups is 1. The van der Waals surface area contributed by atoms with Crippen LogP contribution >= 0.6 is 0 Å². The van der Waals surface area contributed by atoms with E-state index in [4.69, 9.17) is 15.2 Å². The average Bonchev–Trinajstić information content (AvgIpc) is 2.77. The van der Waals surface area contributed by atoms with Crippen LogP contribution in [0.15, 0.2) is 4.99 Å². The summed E-state index contributed by atoms with van der Waals surface area (Å²) < 4.78 is 10.5. The van der Waals surface area contributed by atoms with Crippen LogP contribution in [0.25, 0.3) is 0 Å². The second kappa shape index (κ2) is 11.2. The Bertz CT molecular complexity index is 413. The second-order valence-corrected chi connectivity index (χ2v) is 7.56. The number of carbonyl (C=O) groups excluding carboxylic acids is 1. The van der Waals surface area contributed by atoms with E-state index < -0.39 is 5.60 Å². The maximum absolute atomic E-state index is 12.2. The first-order chi connectivity index (χ1) is 11.8. The monoisotopic (exact) mass is 356 g/mol. The van der Waals surface area contributed by atoms with Crippen molar-refractivity contribution in [2.24, 2.45) is 10.7 Å². The van der Waals surface area contributed by atoms with Gasteiger partial charge in [-0.05, 0) is 33.6 Å². The van der Waals surface area contributed by atoms with Crippen LogP contribution in [0.5, 0.6) is 0 Å². The normalized spacial score (nSPS) is 17.0. The highest BCUT2D eigenvalue weighted by Crippen LogP contribution is 2.16. The highest BCUT2D eigenvalue weighted by atomic mass is 16.6. The topological polar surface area (TPSA) is 89.2 Å². The molecule has 0 bridgehead atoms. The van der Waals surface area contributed by atoms with Crippen molar-refractivity contribution in [1.29, 1.82) is 0 Å². The van der Waals surface area contributed by atoms with Gasteiger partial charge in [0, 0.05) is 26.2 Å². The maximum atomic E-state index is 12.2. The minimum absolute atomic E-state index is 0.352. The van der Waals surface area contributed by atoms with Gasteiger partial charge in [0.05, 0.1) is 13.2 Å². The van der Waals surface area contributed by atoms with Crippen molar-refractivity contribution >= 4 is 12.1 Å². The lowest BCUT2D eigenvalue weighted by atomic mass is 10.1. The first-order valence-corrected chi connectivity index (χ1v) is 9.35. The molecule has 1 aliphatic rings. The highest BCUT2D eigenvalue weighted by molar-refractivity contribution is 5.78. The Kier molecular flexibility index (Phi) is 9.63. The lowest BCUT2D eigenvalue weighted by Crippen LogP contribution is -2.42. The fraction of sp³-hybridized carbons (Fsp3) is 0.889. The van der Waals surface area contributed by atoms with Gasteiger partial charge < -0.3 is 25.4 Å². The number of guanidine groups is 1. The average molecular weight is 357 g/mol. The number of hydrogen-bond acceptors (Lipinski definition) is 4. The minimum Gasteiger partial charge on any atom is -0.444 e. The fourth-order valence-electron chi connectivity index (χ4n) is 2.79. The highest BCUT2D eigenvalue weighted by Gasteiger charge is 2.21. The summed E-state index contributed by atoms with van der Waals surface area (Å²) in [5.41, 5.74) is 5.48. The van der Waals surface area contributed by atoms with Gasteiger partial charge in [-0.3, -0.25) is 4.99 Å². The van der Waals surface area contributed by atoms with Crippen LogP contribution in [0.2, 0.25) is 0 Å². The minimum atomic E-state index is -0.522. The van der Waals surface area contributed by atoms with Gasteiger partial charge in [0.2, 0.25) is 0 Å². The summed E-state index contributed by atoms with van der Waals surface area (Å²) in [4.78, 5) is 18.2.